The minimum absolute atomic E-state index is 0.0531. The number of nitrogens with one attached hydrogen (secondary N) is 2. The molecule has 1 aliphatic heterocycles. The zero-order chi connectivity index (χ0) is 18.0. The van der Waals surface area contributed by atoms with Gasteiger partial charge in [-0.25, -0.2) is 0 Å². The zero-order valence-electron chi connectivity index (χ0n) is 15.1. The summed E-state index contributed by atoms with van der Waals surface area (Å²) in [5.74, 6) is -0.236. The lowest BCUT2D eigenvalue weighted by atomic mass is 9.94. The van der Waals surface area contributed by atoms with E-state index in [1.54, 1.807) is 12.3 Å². The van der Waals surface area contributed by atoms with Gasteiger partial charge in [-0.3, -0.25) is 14.5 Å². The molecular weight excluding hydrogens is 314 g/mol. The Kier molecular flexibility index (Phi) is 4.77. The SMILES string of the molecule is CC(=O)c1c[nH]c(C(=O)NCC(C)(C)N2CCc3ccccc3C2)c1. The highest BCUT2D eigenvalue weighted by Crippen LogP contribution is 2.25. The first-order valence-electron chi connectivity index (χ1n) is 8.66. The molecule has 0 saturated carbocycles. The van der Waals surface area contributed by atoms with Crippen molar-refractivity contribution in [1.82, 2.24) is 15.2 Å². The highest BCUT2D eigenvalue weighted by atomic mass is 16.2. The normalized spacial score (nSPS) is 14.8. The van der Waals surface area contributed by atoms with Crippen LogP contribution in [0.4, 0.5) is 0 Å². The van der Waals surface area contributed by atoms with Crippen LogP contribution in [0.2, 0.25) is 0 Å². The molecule has 0 saturated heterocycles. The number of Topliss-reactive ketones (excluding diaryl/α,β-unsaturated/α-hetero) is 1. The summed E-state index contributed by atoms with van der Waals surface area (Å²) in [6, 6.07) is 10.1. The van der Waals surface area contributed by atoms with Crippen molar-refractivity contribution in [2.75, 3.05) is 13.1 Å². The predicted octanol–water partition coefficient (Wildman–Crippen LogP) is 2.78. The highest BCUT2D eigenvalue weighted by molar-refractivity contribution is 5.99. The van der Waals surface area contributed by atoms with Crippen LogP contribution < -0.4 is 5.32 Å². The first-order valence-corrected chi connectivity index (χ1v) is 8.66. The summed E-state index contributed by atoms with van der Waals surface area (Å²) in [4.78, 5) is 29.0. The molecule has 5 heteroatoms. The van der Waals surface area contributed by atoms with Gasteiger partial charge in [0.2, 0.25) is 0 Å². The average molecular weight is 339 g/mol. The number of aromatic amines is 1. The van der Waals surface area contributed by atoms with Gasteiger partial charge in [0.1, 0.15) is 5.69 Å². The molecule has 2 N–H and O–H groups in total. The van der Waals surface area contributed by atoms with Gasteiger partial charge in [-0.2, -0.15) is 0 Å². The number of carbonyl (C=O) groups is 2. The first-order chi connectivity index (χ1) is 11.9. The molecule has 0 fully saturated rings. The summed E-state index contributed by atoms with van der Waals surface area (Å²) >= 11 is 0. The van der Waals surface area contributed by atoms with Gasteiger partial charge in [0, 0.05) is 36.9 Å². The van der Waals surface area contributed by atoms with Crippen molar-refractivity contribution in [3.05, 3.63) is 58.9 Å². The number of H-pyrrole nitrogens is 1. The summed E-state index contributed by atoms with van der Waals surface area (Å²) < 4.78 is 0. The Bertz CT molecular complexity index is 792. The van der Waals surface area contributed by atoms with Gasteiger partial charge in [0.25, 0.3) is 5.91 Å². The van der Waals surface area contributed by atoms with E-state index < -0.39 is 0 Å². The fraction of sp³-hybridized carbons (Fsp3) is 0.400. The number of ketones is 1. The Morgan fingerprint density at radius 2 is 1.96 bits per heavy atom. The van der Waals surface area contributed by atoms with Crippen molar-refractivity contribution in [3.63, 3.8) is 0 Å². The van der Waals surface area contributed by atoms with Crippen LogP contribution in [-0.2, 0) is 13.0 Å². The van der Waals surface area contributed by atoms with Crippen LogP contribution in [0.3, 0.4) is 0 Å². The lowest BCUT2D eigenvalue weighted by molar-refractivity contribution is 0.0823. The lowest BCUT2D eigenvalue weighted by Gasteiger charge is -2.41. The third-order valence-electron chi connectivity index (χ3n) is 5.00. The first kappa shape index (κ1) is 17.4. The second-order valence-electron chi connectivity index (χ2n) is 7.29. The molecule has 0 bridgehead atoms. The Labute approximate surface area is 148 Å². The van der Waals surface area contributed by atoms with Crippen molar-refractivity contribution < 1.29 is 9.59 Å². The maximum absolute atomic E-state index is 12.3. The van der Waals surface area contributed by atoms with Crippen molar-refractivity contribution >= 4 is 11.7 Å². The number of rotatable bonds is 5. The van der Waals surface area contributed by atoms with Gasteiger partial charge in [-0.1, -0.05) is 24.3 Å². The molecule has 25 heavy (non-hydrogen) atoms. The van der Waals surface area contributed by atoms with E-state index in [9.17, 15) is 9.59 Å². The van der Waals surface area contributed by atoms with Gasteiger partial charge in [-0.15, -0.1) is 0 Å². The highest BCUT2D eigenvalue weighted by Gasteiger charge is 2.30. The van der Waals surface area contributed by atoms with Crippen LogP contribution in [0, 0.1) is 0 Å². The molecular formula is C20H25N3O2. The third-order valence-corrected chi connectivity index (χ3v) is 5.00. The maximum atomic E-state index is 12.3. The van der Waals surface area contributed by atoms with Gasteiger partial charge < -0.3 is 10.3 Å². The number of nitrogens with zero attached hydrogens (tertiary/aromatic N) is 1. The summed E-state index contributed by atoms with van der Waals surface area (Å²) in [6.45, 7) is 8.21. The molecule has 0 atom stereocenters. The molecule has 132 valence electrons. The molecule has 2 aromatic rings. The Balaban J connectivity index is 1.61. The van der Waals surface area contributed by atoms with E-state index in [1.165, 1.54) is 18.1 Å². The van der Waals surface area contributed by atoms with Crippen molar-refractivity contribution in [3.8, 4) is 0 Å². The summed E-state index contributed by atoms with van der Waals surface area (Å²) in [5, 5.41) is 2.99. The number of fused-ring (bicyclic) bond motifs is 1. The summed E-state index contributed by atoms with van der Waals surface area (Å²) in [7, 11) is 0. The third kappa shape index (κ3) is 3.82. The number of hydrogen-bond acceptors (Lipinski definition) is 3. The maximum Gasteiger partial charge on any atom is 0.267 e. The van der Waals surface area contributed by atoms with Gasteiger partial charge in [0.05, 0.1) is 0 Å². The number of aromatic nitrogens is 1. The number of amides is 1. The number of hydrogen-bond donors (Lipinski definition) is 2. The molecule has 2 heterocycles. The molecule has 1 aromatic heterocycles. The Morgan fingerprint density at radius 3 is 2.64 bits per heavy atom. The van der Waals surface area contributed by atoms with E-state index >= 15 is 0 Å². The molecule has 5 nitrogen and oxygen atoms in total. The van der Waals surface area contributed by atoms with Gasteiger partial charge in [0.15, 0.2) is 5.78 Å². The Morgan fingerprint density at radius 1 is 1.24 bits per heavy atom. The second-order valence-corrected chi connectivity index (χ2v) is 7.29. The number of benzene rings is 1. The monoisotopic (exact) mass is 339 g/mol. The molecule has 0 unspecified atom stereocenters. The van der Waals surface area contributed by atoms with Crippen LogP contribution >= 0.6 is 0 Å². The average Bonchev–Trinajstić information content (AvgIpc) is 3.10. The predicted molar refractivity (Wildman–Crippen MR) is 97.8 cm³/mol. The van der Waals surface area contributed by atoms with E-state index in [4.69, 9.17) is 0 Å². The van der Waals surface area contributed by atoms with E-state index in [-0.39, 0.29) is 17.2 Å². The van der Waals surface area contributed by atoms with E-state index in [2.05, 4.69) is 53.3 Å². The summed E-state index contributed by atoms with van der Waals surface area (Å²) in [6.07, 6.45) is 2.61. The second kappa shape index (κ2) is 6.84. The van der Waals surface area contributed by atoms with E-state index in [1.807, 2.05) is 0 Å². The minimum atomic E-state index is -0.182. The van der Waals surface area contributed by atoms with Gasteiger partial charge in [-0.05, 0) is 44.4 Å². The van der Waals surface area contributed by atoms with Crippen LogP contribution in [0.1, 0.15) is 52.7 Å². The zero-order valence-corrected chi connectivity index (χ0v) is 15.1. The summed E-state index contributed by atoms with van der Waals surface area (Å²) in [5.41, 5.74) is 3.58. The smallest absolute Gasteiger partial charge is 0.267 e. The molecule has 0 spiro atoms. The van der Waals surface area contributed by atoms with Gasteiger partial charge >= 0.3 is 0 Å². The minimum Gasteiger partial charge on any atom is -0.356 e. The van der Waals surface area contributed by atoms with Crippen molar-refractivity contribution in [2.24, 2.45) is 0 Å². The Hall–Kier alpha value is -2.40. The van der Waals surface area contributed by atoms with Crippen molar-refractivity contribution in [1.29, 1.82) is 0 Å². The topological polar surface area (TPSA) is 65.2 Å². The van der Waals surface area contributed by atoms with Crippen LogP contribution in [0.25, 0.3) is 0 Å². The number of carbonyl (C=O) groups excluding carboxylic acids is 2. The molecule has 0 radical (unpaired) electrons. The standard InChI is InChI=1S/C20H25N3O2/c1-14(24)17-10-18(21-11-17)19(25)22-13-20(2,3)23-9-8-15-6-4-5-7-16(15)12-23/h4-7,10-11,21H,8-9,12-13H2,1-3H3,(H,22,25). The molecule has 1 aromatic carbocycles. The van der Waals surface area contributed by atoms with Crippen molar-refractivity contribution in [2.45, 2.75) is 39.3 Å². The largest absolute Gasteiger partial charge is 0.356 e. The van der Waals surface area contributed by atoms with Crippen LogP contribution in [0.15, 0.2) is 36.5 Å². The van der Waals surface area contributed by atoms with E-state index in [0.29, 0.717) is 17.8 Å². The molecule has 1 aliphatic rings. The molecule has 1 amide bonds. The van der Waals surface area contributed by atoms with Crippen LogP contribution in [0.5, 0.6) is 0 Å². The quantitative estimate of drug-likeness (QED) is 0.823. The van der Waals surface area contributed by atoms with Crippen LogP contribution in [-0.4, -0.2) is 40.2 Å². The fourth-order valence-corrected chi connectivity index (χ4v) is 3.24. The fourth-order valence-electron chi connectivity index (χ4n) is 3.24. The van der Waals surface area contributed by atoms with E-state index in [0.717, 1.165) is 19.5 Å². The molecule has 3 rings (SSSR count). The molecule has 0 aliphatic carbocycles. The lowest BCUT2D eigenvalue weighted by Crippen LogP contribution is -2.53.